The average Bonchev–Trinajstić information content (AvgIpc) is 1.59. The third-order valence-electron chi connectivity index (χ3n) is 0.845. The van der Waals surface area contributed by atoms with Crippen LogP contribution in [-0.4, -0.2) is 12.6 Å². The fourth-order valence-electron chi connectivity index (χ4n) is 0.436. The zero-order chi connectivity index (χ0) is 6.62. The van der Waals surface area contributed by atoms with Gasteiger partial charge in [-0.05, 0) is 0 Å². The van der Waals surface area contributed by atoms with E-state index in [-0.39, 0.29) is 0 Å². The maximum absolute atomic E-state index is 5.79. The summed E-state index contributed by atoms with van der Waals surface area (Å²) in [5.74, 6) is 0.676. The van der Waals surface area contributed by atoms with E-state index >= 15 is 0 Å². The summed E-state index contributed by atoms with van der Waals surface area (Å²) in [6, 6.07) is 0.930. The molecule has 0 atom stereocenters. The van der Waals surface area contributed by atoms with Crippen LogP contribution in [0.15, 0.2) is 0 Å². The molecule has 0 saturated heterocycles. The molecule has 0 N–H and O–H groups in total. The normalized spacial score (nSPS) is 14.0. The topological polar surface area (TPSA) is 0 Å². The third-order valence-corrected chi connectivity index (χ3v) is 3.84. The number of rotatable bonds is 3. The fourth-order valence-corrected chi connectivity index (χ4v) is 2.70. The molecule has 0 heterocycles. The van der Waals surface area contributed by atoms with Crippen molar-refractivity contribution in [3.63, 3.8) is 0 Å². The molecule has 0 nitrogen and oxygen atoms in total. The van der Waals surface area contributed by atoms with Crippen LogP contribution < -0.4 is 0 Å². The summed E-state index contributed by atoms with van der Waals surface area (Å²) in [7, 11) is 0. The first kappa shape index (κ1) is 9.09. The van der Waals surface area contributed by atoms with Crippen molar-refractivity contribution < 1.29 is 0 Å². The molecule has 4 heteroatoms. The van der Waals surface area contributed by atoms with E-state index < -0.39 is 6.69 Å². The van der Waals surface area contributed by atoms with Crippen LogP contribution in [0.4, 0.5) is 0 Å². The summed E-state index contributed by atoms with van der Waals surface area (Å²) in [6.07, 6.45) is 0.954. The van der Waals surface area contributed by atoms with Gasteiger partial charge >= 0.3 is 65.3 Å². The van der Waals surface area contributed by atoms with Crippen LogP contribution in [0.1, 0.15) is 6.42 Å². The zero-order valence-corrected chi connectivity index (χ0v) is 8.26. The Morgan fingerprint density at radius 2 is 1.88 bits per heavy atom. The molecule has 0 aromatic carbocycles. The number of hydrogen-bond acceptors (Lipinski definition) is 0. The van der Waals surface area contributed by atoms with Crippen LogP contribution in [0.2, 0.25) is 12.6 Å². The van der Waals surface area contributed by atoms with Gasteiger partial charge in [0.2, 0.25) is 0 Å². The number of hydrogen-bond donors (Lipinski definition) is 0. The molecule has 0 aromatic heterocycles. The van der Waals surface area contributed by atoms with E-state index in [1.165, 1.54) is 0 Å². The van der Waals surface area contributed by atoms with Gasteiger partial charge < -0.3 is 0 Å². The SMILES string of the molecule is C[SiH-](Cl)(Cl)CCCCl. The summed E-state index contributed by atoms with van der Waals surface area (Å²) in [4.78, 5) is 0. The summed E-state index contributed by atoms with van der Waals surface area (Å²) in [6.45, 7) is -0.131. The van der Waals surface area contributed by atoms with Crippen molar-refractivity contribution in [2.75, 3.05) is 5.88 Å². The Balaban J connectivity index is 3.11. The molecule has 0 bridgehead atoms. The van der Waals surface area contributed by atoms with Crippen molar-refractivity contribution in [1.82, 2.24) is 0 Å². The molecule has 0 aliphatic heterocycles. The molecule has 0 unspecified atom stereocenters. The van der Waals surface area contributed by atoms with Gasteiger partial charge in [0.1, 0.15) is 0 Å². The zero-order valence-electron chi connectivity index (χ0n) is 4.83. The van der Waals surface area contributed by atoms with Crippen molar-refractivity contribution in [1.29, 1.82) is 0 Å². The van der Waals surface area contributed by atoms with Gasteiger partial charge in [0, 0.05) is 0 Å². The van der Waals surface area contributed by atoms with Crippen LogP contribution in [0.5, 0.6) is 0 Å². The molecular weight excluding hydrogens is 182 g/mol. The molecule has 0 rings (SSSR count). The third kappa shape index (κ3) is 7.09. The quantitative estimate of drug-likeness (QED) is 0.366. The molecule has 0 spiro atoms. The molecule has 0 amide bonds. The minimum absolute atomic E-state index is 0.676. The second kappa shape index (κ2) is 3.99. The first-order valence-electron chi connectivity index (χ1n) is 2.69. The van der Waals surface area contributed by atoms with Gasteiger partial charge in [0.15, 0.2) is 0 Å². The van der Waals surface area contributed by atoms with Crippen LogP contribution >= 0.6 is 33.8 Å². The number of halogens is 3. The van der Waals surface area contributed by atoms with E-state index in [0.717, 1.165) is 12.5 Å². The van der Waals surface area contributed by atoms with E-state index in [2.05, 4.69) is 0 Å². The summed E-state index contributed by atoms with van der Waals surface area (Å²) in [5, 5.41) is 0. The molecule has 0 aliphatic rings. The van der Waals surface area contributed by atoms with Gasteiger partial charge in [0.05, 0.1) is 0 Å². The minimum atomic E-state index is -2.06. The maximum atomic E-state index is 5.79. The van der Waals surface area contributed by atoms with E-state index in [0.29, 0.717) is 5.88 Å². The Kier molecular flexibility index (Phi) is 4.53. The summed E-state index contributed by atoms with van der Waals surface area (Å²) < 4.78 is 0. The molecule has 0 fully saturated rings. The first-order valence-corrected chi connectivity index (χ1v) is 8.69. The van der Waals surface area contributed by atoms with Gasteiger partial charge in [-0.25, -0.2) is 0 Å². The van der Waals surface area contributed by atoms with Gasteiger partial charge in [-0.2, -0.15) is 0 Å². The second-order valence-corrected chi connectivity index (χ2v) is 11.9. The van der Waals surface area contributed by atoms with Crippen LogP contribution in [0, 0.1) is 0 Å². The standard InChI is InChI=1S/C4H10Cl3Si/c1-8(6,7)4-2-3-5/h8H,2-4H2,1H3/q-1. The van der Waals surface area contributed by atoms with Gasteiger partial charge in [-0.3, -0.25) is 0 Å². The molecule has 0 aliphatic carbocycles. The van der Waals surface area contributed by atoms with E-state index in [9.17, 15) is 0 Å². The van der Waals surface area contributed by atoms with Crippen molar-refractivity contribution >= 4 is 40.5 Å². The van der Waals surface area contributed by atoms with Gasteiger partial charge in [0.25, 0.3) is 0 Å². The van der Waals surface area contributed by atoms with Crippen molar-refractivity contribution in [3.05, 3.63) is 0 Å². The predicted octanol–water partition coefficient (Wildman–Crippen LogP) is 2.90. The van der Waals surface area contributed by atoms with Crippen molar-refractivity contribution in [3.8, 4) is 0 Å². The van der Waals surface area contributed by atoms with E-state index in [1.54, 1.807) is 0 Å². The summed E-state index contributed by atoms with van der Waals surface area (Å²) in [5.41, 5.74) is 0. The van der Waals surface area contributed by atoms with E-state index in [4.69, 9.17) is 33.8 Å². The molecule has 52 valence electrons. The first-order chi connectivity index (χ1) is 3.56. The Labute approximate surface area is 65.5 Å². The van der Waals surface area contributed by atoms with Crippen LogP contribution in [-0.2, 0) is 0 Å². The number of alkyl halides is 1. The average molecular weight is 193 g/mol. The van der Waals surface area contributed by atoms with Crippen LogP contribution in [0.3, 0.4) is 0 Å². The monoisotopic (exact) mass is 191 g/mol. The van der Waals surface area contributed by atoms with Crippen molar-refractivity contribution in [2.24, 2.45) is 0 Å². The summed E-state index contributed by atoms with van der Waals surface area (Å²) >= 11 is 17.0. The van der Waals surface area contributed by atoms with Crippen LogP contribution in [0.25, 0.3) is 0 Å². The van der Waals surface area contributed by atoms with Gasteiger partial charge in [-0.15, -0.1) is 0 Å². The molecule has 0 aromatic rings. The van der Waals surface area contributed by atoms with E-state index in [1.807, 2.05) is 6.55 Å². The second-order valence-electron chi connectivity index (χ2n) is 2.07. The van der Waals surface area contributed by atoms with Crippen molar-refractivity contribution in [2.45, 2.75) is 19.0 Å². The molecular formula is C4H10Cl3Si-. The molecule has 8 heavy (non-hydrogen) atoms. The Morgan fingerprint density at radius 3 is 2.00 bits per heavy atom. The molecule has 0 saturated carbocycles. The Bertz CT molecular complexity index is 58.8. The predicted molar refractivity (Wildman–Crippen MR) is 44.9 cm³/mol. The van der Waals surface area contributed by atoms with Gasteiger partial charge in [-0.1, -0.05) is 0 Å². The Morgan fingerprint density at radius 1 is 1.38 bits per heavy atom. The fraction of sp³-hybridized carbons (Fsp3) is 1.00. The Hall–Kier alpha value is 1.09. The molecule has 0 radical (unpaired) electrons.